The molecule has 8 heteroatoms. The summed E-state index contributed by atoms with van der Waals surface area (Å²) in [5.41, 5.74) is 2.82. The van der Waals surface area contributed by atoms with Gasteiger partial charge in [-0.15, -0.1) is 0 Å². The summed E-state index contributed by atoms with van der Waals surface area (Å²) in [6, 6.07) is 16.9. The van der Waals surface area contributed by atoms with Gasteiger partial charge in [-0.05, 0) is 48.9 Å². The molecule has 0 bridgehead atoms. The number of methoxy groups -OCH3 is 1. The van der Waals surface area contributed by atoms with E-state index in [1.165, 1.54) is 7.11 Å². The van der Waals surface area contributed by atoms with Crippen molar-refractivity contribution in [3.63, 3.8) is 0 Å². The number of hydrogen-bond donors (Lipinski definition) is 2. The smallest absolute Gasteiger partial charge is 0.344 e. The molecule has 8 nitrogen and oxygen atoms in total. The predicted molar refractivity (Wildman–Crippen MR) is 130 cm³/mol. The number of aromatic nitrogens is 1. The van der Waals surface area contributed by atoms with Crippen LogP contribution < -0.4 is 10.9 Å². The van der Waals surface area contributed by atoms with Crippen molar-refractivity contribution in [1.82, 2.24) is 4.98 Å². The van der Waals surface area contributed by atoms with E-state index in [9.17, 15) is 19.2 Å². The van der Waals surface area contributed by atoms with Gasteiger partial charge in [-0.3, -0.25) is 9.59 Å². The van der Waals surface area contributed by atoms with Gasteiger partial charge in [-0.2, -0.15) is 0 Å². The summed E-state index contributed by atoms with van der Waals surface area (Å²) < 4.78 is 9.91. The van der Waals surface area contributed by atoms with E-state index in [0.29, 0.717) is 50.1 Å². The highest BCUT2D eigenvalue weighted by molar-refractivity contribution is 6.29. The number of benzene rings is 3. The second-order valence-corrected chi connectivity index (χ2v) is 7.90. The van der Waals surface area contributed by atoms with Crippen molar-refractivity contribution in [2.24, 2.45) is 0 Å². The van der Waals surface area contributed by atoms with Crippen LogP contribution in [0.1, 0.15) is 43.6 Å². The normalized spacial score (nSPS) is 11.7. The lowest BCUT2D eigenvalue weighted by molar-refractivity contribution is 0.0524. The summed E-state index contributed by atoms with van der Waals surface area (Å²) in [5.74, 6) is -1.45. The highest BCUT2D eigenvalue weighted by Crippen LogP contribution is 2.43. The van der Waals surface area contributed by atoms with Crippen LogP contribution in [-0.2, 0) is 9.47 Å². The van der Waals surface area contributed by atoms with E-state index in [-0.39, 0.29) is 18.0 Å². The van der Waals surface area contributed by atoms with Crippen molar-refractivity contribution < 1.29 is 23.9 Å². The summed E-state index contributed by atoms with van der Waals surface area (Å²) in [7, 11) is 1.31. The molecular formula is C27H20N2O6. The molecule has 35 heavy (non-hydrogen) atoms. The molecule has 4 aromatic rings. The summed E-state index contributed by atoms with van der Waals surface area (Å²) in [6.45, 7) is 1.77. The molecule has 2 N–H and O–H groups in total. The summed E-state index contributed by atoms with van der Waals surface area (Å²) >= 11 is 0. The van der Waals surface area contributed by atoms with E-state index in [1.54, 1.807) is 67.6 Å². The van der Waals surface area contributed by atoms with Gasteiger partial charge in [0.15, 0.2) is 5.78 Å². The Labute approximate surface area is 199 Å². The molecule has 0 saturated heterocycles. The SMILES string of the molecule is CCOC(=O)c1c2c3c(c(Nc4ccc(C(=O)OC)cc4)ccc3[nH]c1=O)C(=O)c1ccccc1-2. The number of carbonyl (C=O) groups is 3. The fourth-order valence-corrected chi connectivity index (χ4v) is 4.39. The third-order valence-corrected chi connectivity index (χ3v) is 5.91. The van der Waals surface area contributed by atoms with Gasteiger partial charge in [0.25, 0.3) is 5.56 Å². The van der Waals surface area contributed by atoms with E-state index >= 15 is 0 Å². The minimum Gasteiger partial charge on any atom is -0.465 e. The van der Waals surface area contributed by atoms with Crippen molar-refractivity contribution in [3.05, 3.63) is 93.3 Å². The molecule has 0 amide bonds. The second kappa shape index (κ2) is 8.57. The maximum atomic E-state index is 13.7. The molecule has 0 aliphatic heterocycles. The van der Waals surface area contributed by atoms with Gasteiger partial charge in [0.1, 0.15) is 5.56 Å². The molecule has 3 aromatic carbocycles. The van der Waals surface area contributed by atoms with Crippen molar-refractivity contribution in [2.75, 3.05) is 19.0 Å². The molecular weight excluding hydrogens is 448 g/mol. The zero-order chi connectivity index (χ0) is 24.7. The van der Waals surface area contributed by atoms with Crippen LogP contribution >= 0.6 is 0 Å². The Morgan fingerprint density at radius 3 is 2.29 bits per heavy atom. The molecule has 1 heterocycles. The third kappa shape index (κ3) is 3.56. The molecule has 0 atom stereocenters. The second-order valence-electron chi connectivity index (χ2n) is 7.90. The number of fused-ring (bicyclic) bond motifs is 2. The molecule has 174 valence electrons. The lowest BCUT2D eigenvalue weighted by atomic mass is 9.81. The van der Waals surface area contributed by atoms with Gasteiger partial charge in [-0.1, -0.05) is 24.3 Å². The van der Waals surface area contributed by atoms with E-state index in [2.05, 4.69) is 10.3 Å². The number of carbonyl (C=O) groups excluding carboxylic acids is 3. The largest absolute Gasteiger partial charge is 0.465 e. The van der Waals surface area contributed by atoms with Crippen molar-refractivity contribution in [3.8, 4) is 11.1 Å². The molecule has 1 aliphatic carbocycles. The number of ether oxygens (including phenoxy) is 2. The van der Waals surface area contributed by atoms with Gasteiger partial charge in [0, 0.05) is 27.7 Å². The Morgan fingerprint density at radius 1 is 0.886 bits per heavy atom. The number of rotatable bonds is 5. The predicted octanol–water partition coefficient (Wildman–Crippen LogP) is 4.45. The Balaban J connectivity index is 1.76. The molecule has 0 spiro atoms. The number of aromatic amines is 1. The van der Waals surface area contributed by atoms with Gasteiger partial charge < -0.3 is 19.8 Å². The fourth-order valence-electron chi connectivity index (χ4n) is 4.39. The maximum absolute atomic E-state index is 13.7. The van der Waals surface area contributed by atoms with Crippen molar-refractivity contribution in [1.29, 1.82) is 0 Å². The number of ketones is 1. The quantitative estimate of drug-likeness (QED) is 0.366. The van der Waals surface area contributed by atoms with Crippen LogP contribution in [0.4, 0.5) is 11.4 Å². The van der Waals surface area contributed by atoms with Crippen molar-refractivity contribution in [2.45, 2.75) is 6.92 Å². The van der Waals surface area contributed by atoms with Crippen LogP contribution in [-0.4, -0.2) is 36.4 Å². The number of anilines is 2. The lowest BCUT2D eigenvalue weighted by Crippen LogP contribution is -2.24. The van der Waals surface area contributed by atoms with Gasteiger partial charge >= 0.3 is 11.9 Å². The number of nitrogens with one attached hydrogen (secondary N) is 2. The maximum Gasteiger partial charge on any atom is 0.344 e. The van der Waals surface area contributed by atoms with Crippen LogP contribution in [0.3, 0.4) is 0 Å². The molecule has 0 unspecified atom stereocenters. The highest BCUT2D eigenvalue weighted by Gasteiger charge is 2.33. The monoisotopic (exact) mass is 468 g/mol. The van der Waals surface area contributed by atoms with Crippen LogP contribution in [0.2, 0.25) is 0 Å². The first-order chi connectivity index (χ1) is 16.9. The Morgan fingerprint density at radius 2 is 1.60 bits per heavy atom. The van der Waals surface area contributed by atoms with Crippen LogP contribution in [0.5, 0.6) is 0 Å². The van der Waals surface area contributed by atoms with Crippen LogP contribution in [0, 0.1) is 0 Å². The highest BCUT2D eigenvalue weighted by atomic mass is 16.5. The molecule has 0 saturated carbocycles. The third-order valence-electron chi connectivity index (χ3n) is 5.91. The Kier molecular flexibility index (Phi) is 5.41. The summed E-state index contributed by atoms with van der Waals surface area (Å²) in [4.78, 5) is 53.9. The van der Waals surface area contributed by atoms with Crippen molar-refractivity contribution >= 4 is 40.0 Å². The lowest BCUT2D eigenvalue weighted by Gasteiger charge is -2.24. The van der Waals surface area contributed by atoms with Crippen LogP contribution in [0.15, 0.2) is 65.5 Å². The average molecular weight is 468 g/mol. The van der Waals surface area contributed by atoms with E-state index < -0.39 is 17.5 Å². The fraction of sp³-hybridized carbons (Fsp3) is 0.111. The topological polar surface area (TPSA) is 115 Å². The molecule has 1 aromatic heterocycles. The minimum absolute atomic E-state index is 0.104. The molecule has 5 rings (SSSR count). The Bertz CT molecular complexity index is 1580. The van der Waals surface area contributed by atoms with Gasteiger partial charge in [-0.25, -0.2) is 9.59 Å². The van der Waals surface area contributed by atoms with E-state index in [0.717, 1.165) is 0 Å². The summed E-state index contributed by atoms with van der Waals surface area (Å²) in [6.07, 6.45) is 0. The van der Waals surface area contributed by atoms with Gasteiger partial charge in [0.2, 0.25) is 0 Å². The number of esters is 2. The standard InChI is InChI=1S/C27H20N2O6/c1-3-35-27(33)23-20-16-6-4-5-7-17(16)24(30)22-19(13-12-18(21(20)22)29-25(23)31)28-15-10-8-14(9-11-15)26(32)34-2/h4-13,28H,3H2,1-2H3,(H,29,31). The first kappa shape index (κ1) is 22.1. The average Bonchev–Trinajstić information content (AvgIpc) is 2.87. The number of hydrogen-bond acceptors (Lipinski definition) is 7. The van der Waals surface area contributed by atoms with Crippen LogP contribution in [0.25, 0.3) is 22.0 Å². The zero-order valence-electron chi connectivity index (χ0n) is 18.9. The first-order valence-electron chi connectivity index (χ1n) is 10.9. The molecule has 1 aliphatic rings. The first-order valence-corrected chi connectivity index (χ1v) is 10.9. The zero-order valence-corrected chi connectivity index (χ0v) is 18.9. The minimum atomic E-state index is -0.752. The molecule has 0 fully saturated rings. The van der Waals surface area contributed by atoms with E-state index in [4.69, 9.17) is 9.47 Å². The number of pyridine rings is 1. The number of H-pyrrole nitrogens is 1. The van der Waals surface area contributed by atoms with Gasteiger partial charge in [0.05, 0.1) is 30.5 Å². The van der Waals surface area contributed by atoms with E-state index in [1.807, 2.05) is 0 Å². The Hall–Kier alpha value is -4.72. The summed E-state index contributed by atoms with van der Waals surface area (Å²) in [5, 5.41) is 3.69. The molecule has 0 radical (unpaired) electrons.